The Bertz CT molecular complexity index is 684. The lowest BCUT2D eigenvalue weighted by atomic mass is 9.95. The first-order valence-corrected chi connectivity index (χ1v) is 8.14. The molecule has 104 valence electrons. The highest BCUT2D eigenvalue weighted by molar-refractivity contribution is 7.22. The van der Waals surface area contributed by atoms with Crippen LogP contribution in [0.3, 0.4) is 0 Å². The van der Waals surface area contributed by atoms with Gasteiger partial charge in [-0.2, -0.15) is 0 Å². The molecular weight excluding hydrogens is 292 g/mol. The van der Waals surface area contributed by atoms with Crippen LogP contribution in [0.1, 0.15) is 29.6 Å². The number of hydrogen-bond acceptors (Lipinski definition) is 3. The Morgan fingerprint density at radius 3 is 3.00 bits per heavy atom. The number of hydrogen-bond donors (Lipinski definition) is 2. The zero-order valence-electron chi connectivity index (χ0n) is 10.9. The lowest BCUT2D eigenvalue weighted by Crippen LogP contribution is -2.42. The predicted octanol–water partition coefficient (Wildman–Crippen LogP) is 3.18. The molecule has 1 aromatic heterocycles. The van der Waals surface area contributed by atoms with E-state index in [1.165, 1.54) is 24.2 Å². The molecule has 2 N–H and O–H groups in total. The largest absolute Gasteiger partial charge is 0.348 e. The van der Waals surface area contributed by atoms with Gasteiger partial charge in [0.1, 0.15) is 0 Å². The molecule has 2 fully saturated rings. The Morgan fingerprint density at radius 2 is 2.25 bits per heavy atom. The van der Waals surface area contributed by atoms with E-state index >= 15 is 0 Å². The zero-order valence-corrected chi connectivity index (χ0v) is 12.4. The summed E-state index contributed by atoms with van der Waals surface area (Å²) < 4.78 is 1.88. The summed E-state index contributed by atoms with van der Waals surface area (Å²) in [6.07, 6.45) is 3.48. The van der Waals surface area contributed by atoms with Crippen molar-refractivity contribution in [2.75, 3.05) is 0 Å². The van der Waals surface area contributed by atoms with Gasteiger partial charge in [-0.3, -0.25) is 4.79 Å². The minimum atomic E-state index is 0.0218. The highest BCUT2D eigenvalue weighted by atomic mass is 35.5. The SMILES string of the molecule is O=C(N[C@@H]1C[C@H]2CC[C@@H]1N2)c1ccc2sc(Cl)cc2c1. The molecule has 1 amide bonds. The molecule has 0 saturated carbocycles. The average Bonchev–Trinajstić information content (AvgIpc) is 3.10. The molecule has 2 aliphatic heterocycles. The summed E-state index contributed by atoms with van der Waals surface area (Å²) >= 11 is 7.54. The molecule has 0 spiro atoms. The number of thiophene rings is 1. The van der Waals surface area contributed by atoms with Gasteiger partial charge in [0.15, 0.2) is 0 Å². The predicted molar refractivity (Wildman–Crippen MR) is 82.7 cm³/mol. The van der Waals surface area contributed by atoms with E-state index in [-0.39, 0.29) is 11.9 Å². The van der Waals surface area contributed by atoms with E-state index in [4.69, 9.17) is 11.6 Å². The van der Waals surface area contributed by atoms with E-state index in [2.05, 4.69) is 10.6 Å². The van der Waals surface area contributed by atoms with Crippen LogP contribution in [0.2, 0.25) is 4.34 Å². The third-order valence-corrected chi connectivity index (χ3v) is 5.61. The highest BCUT2D eigenvalue weighted by Gasteiger charge is 2.39. The van der Waals surface area contributed by atoms with E-state index in [1.54, 1.807) is 0 Å². The molecule has 3 atom stereocenters. The first-order valence-electron chi connectivity index (χ1n) is 6.95. The normalized spacial score (nSPS) is 28.1. The molecule has 20 heavy (non-hydrogen) atoms. The lowest BCUT2D eigenvalue weighted by Gasteiger charge is -2.21. The minimum Gasteiger partial charge on any atom is -0.348 e. The van der Waals surface area contributed by atoms with Crippen molar-refractivity contribution in [1.82, 2.24) is 10.6 Å². The van der Waals surface area contributed by atoms with Gasteiger partial charge >= 0.3 is 0 Å². The number of rotatable bonds is 2. The molecule has 2 bridgehead atoms. The maximum Gasteiger partial charge on any atom is 0.251 e. The van der Waals surface area contributed by atoms with Gasteiger partial charge in [0.05, 0.1) is 4.34 Å². The molecule has 4 rings (SSSR count). The second kappa shape index (κ2) is 4.72. The van der Waals surface area contributed by atoms with Crippen molar-refractivity contribution in [3.8, 4) is 0 Å². The van der Waals surface area contributed by atoms with Gasteiger partial charge < -0.3 is 10.6 Å². The van der Waals surface area contributed by atoms with Gasteiger partial charge in [0.2, 0.25) is 0 Å². The monoisotopic (exact) mass is 306 g/mol. The Balaban J connectivity index is 1.54. The van der Waals surface area contributed by atoms with Crippen molar-refractivity contribution < 1.29 is 4.79 Å². The van der Waals surface area contributed by atoms with Crippen LogP contribution in [0.25, 0.3) is 10.1 Å². The van der Waals surface area contributed by atoms with Crippen LogP contribution < -0.4 is 10.6 Å². The highest BCUT2D eigenvalue weighted by Crippen LogP contribution is 2.31. The van der Waals surface area contributed by atoms with Crippen molar-refractivity contribution in [2.24, 2.45) is 0 Å². The maximum absolute atomic E-state index is 12.4. The van der Waals surface area contributed by atoms with Gasteiger partial charge in [0.25, 0.3) is 5.91 Å². The summed E-state index contributed by atoms with van der Waals surface area (Å²) in [6, 6.07) is 9.03. The summed E-state index contributed by atoms with van der Waals surface area (Å²) in [5.74, 6) is 0.0218. The van der Waals surface area contributed by atoms with Crippen molar-refractivity contribution in [3.63, 3.8) is 0 Å². The van der Waals surface area contributed by atoms with Gasteiger partial charge in [-0.25, -0.2) is 0 Å². The van der Waals surface area contributed by atoms with E-state index in [0.29, 0.717) is 12.1 Å². The first-order chi connectivity index (χ1) is 9.69. The van der Waals surface area contributed by atoms with Crippen LogP contribution >= 0.6 is 22.9 Å². The van der Waals surface area contributed by atoms with Crippen molar-refractivity contribution in [3.05, 3.63) is 34.2 Å². The Kier molecular flexibility index (Phi) is 2.98. The van der Waals surface area contributed by atoms with Gasteiger partial charge in [-0.05, 0) is 48.9 Å². The molecule has 0 aliphatic carbocycles. The number of carbonyl (C=O) groups is 1. The van der Waals surface area contributed by atoms with Crippen LogP contribution in [-0.2, 0) is 0 Å². The maximum atomic E-state index is 12.4. The molecular formula is C15H15ClN2OS. The third-order valence-electron chi connectivity index (χ3n) is 4.36. The number of fused-ring (bicyclic) bond motifs is 3. The molecule has 5 heteroatoms. The summed E-state index contributed by atoms with van der Waals surface area (Å²) in [5.41, 5.74) is 0.717. The number of nitrogens with one attached hydrogen (secondary N) is 2. The number of carbonyl (C=O) groups excluding carboxylic acids is 1. The molecule has 2 saturated heterocycles. The molecule has 3 heterocycles. The van der Waals surface area contributed by atoms with E-state index in [0.717, 1.165) is 26.4 Å². The van der Waals surface area contributed by atoms with Gasteiger partial charge in [0, 0.05) is 28.4 Å². The first kappa shape index (κ1) is 12.6. The zero-order chi connectivity index (χ0) is 13.7. The fraction of sp³-hybridized carbons (Fsp3) is 0.400. The fourth-order valence-electron chi connectivity index (χ4n) is 3.39. The summed E-state index contributed by atoms with van der Waals surface area (Å²) in [6.45, 7) is 0. The molecule has 1 aromatic carbocycles. The van der Waals surface area contributed by atoms with Gasteiger partial charge in [-0.15, -0.1) is 11.3 Å². The molecule has 0 unspecified atom stereocenters. The lowest BCUT2D eigenvalue weighted by molar-refractivity contribution is 0.0931. The molecule has 2 aromatic rings. The minimum absolute atomic E-state index is 0.0218. The Morgan fingerprint density at radius 1 is 1.35 bits per heavy atom. The second-order valence-corrected chi connectivity index (χ2v) is 7.38. The van der Waals surface area contributed by atoms with Crippen LogP contribution in [-0.4, -0.2) is 24.0 Å². The van der Waals surface area contributed by atoms with E-state index in [1.807, 2.05) is 24.3 Å². The molecule has 0 radical (unpaired) electrons. The number of amides is 1. The molecule has 2 aliphatic rings. The number of halogens is 1. The second-order valence-electron chi connectivity index (χ2n) is 5.67. The van der Waals surface area contributed by atoms with Crippen LogP contribution in [0.15, 0.2) is 24.3 Å². The van der Waals surface area contributed by atoms with Crippen molar-refractivity contribution >= 4 is 38.9 Å². The van der Waals surface area contributed by atoms with Crippen LogP contribution in [0, 0.1) is 0 Å². The summed E-state index contributed by atoms with van der Waals surface area (Å²) in [4.78, 5) is 12.4. The Hall–Kier alpha value is -1.10. The van der Waals surface area contributed by atoms with Crippen LogP contribution in [0.5, 0.6) is 0 Å². The summed E-state index contributed by atoms with van der Waals surface area (Å²) in [7, 11) is 0. The summed E-state index contributed by atoms with van der Waals surface area (Å²) in [5, 5.41) is 7.74. The van der Waals surface area contributed by atoms with E-state index in [9.17, 15) is 4.79 Å². The average molecular weight is 307 g/mol. The topological polar surface area (TPSA) is 41.1 Å². The van der Waals surface area contributed by atoms with Crippen molar-refractivity contribution in [2.45, 2.75) is 37.4 Å². The number of benzene rings is 1. The van der Waals surface area contributed by atoms with E-state index < -0.39 is 0 Å². The van der Waals surface area contributed by atoms with Crippen LogP contribution in [0.4, 0.5) is 0 Å². The third kappa shape index (κ3) is 2.12. The smallest absolute Gasteiger partial charge is 0.251 e. The van der Waals surface area contributed by atoms with Gasteiger partial charge in [-0.1, -0.05) is 11.6 Å². The fourth-order valence-corrected chi connectivity index (χ4v) is 4.52. The quantitative estimate of drug-likeness (QED) is 0.895. The molecule has 3 nitrogen and oxygen atoms in total. The Labute approximate surface area is 126 Å². The standard InChI is InChI=1S/C15H15ClN2OS/c16-14-6-9-5-8(1-4-13(9)20-14)15(19)18-12-7-10-2-3-11(12)17-10/h1,4-6,10-12,17H,2-3,7H2,(H,18,19)/t10-,11+,12-/m1/s1. The van der Waals surface area contributed by atoms with Crippen molar-refractivity contribution in [1.29, 1.82) is 0 Å².